The van der Waals surface area contributed by atoms with Gasteiger partial charge < -0.3 is 10.4 Å². The van der Waals surface area contributed by atoms with Gasteiger partial charge in [0.15, 0.2) is 0 Å². The van der Waals surface area contributed by atoms with Crippen LogP contribution in [0.5, 0.6) is 0 Å². The van der Waals surface area contributed by atoms with Crippen LogP contribution in [0.3, 0.4) is 0 Å². The molecule has 17 heavy (non-hydrogen) atoms. The average Bonchev–Trinajstić information content (AvgIpc) is 2.28. The van der Waals surface area contributed by atoms with Crippen LogP contribution in [-0.4, -0.2) is 72.7 Å². The molecule has 1 saturated heterocycles. The highest BCUT2D eigenvalue weighted by atomic mass is 16.3. The summed E-state index contributed by atoms with van der Waals surface area (Å²) in [6, 6.07) is 0. The van der Waals surface area contributed by atoms with E-state index in [1.807, 2.05) is 0 Å². The number of rotatable bonds is 6. The second-order valence-electron chi connectivity index (χ2n) is 4.52. The molecular weight excluding hydrogens is 218 g/mol. The summed E-state index contributed by atoms with van der Waals surface area (Å²) >= 11 is 0. The number of piperazine rings is 1. The van der Waals surface area contributed by atoms with Gasteiger partial charge in [0.25, 0.3) is 0 Å². The van der Waals surface area contributed by atoms with Crippen LogP contribution in [0, 0.1) is 0 Å². The number of aliphatic hydroxyl groups is 1. The van der Waals surface area contributed by atoms with Crippen LogP contribution in [0.2, 0.25) is 0 Å². The van der Waals surface area contributed by atoms with E-state index < -0.39 is 0 Å². The minimum absolute atomic E-state index is 0.0499. The van der Waals surface area contributed by atoms with Gasteiger partial charge >= 0.3 is 0 Å². The van der Waals surface area contributed by atoms with Gasteiger partial charge in [-0.2, -0.15) is 0 Å². The fourth-order valence-corrected chi connectivity index (χ4v) is 1.95. The third kappa shape index (κ3) is 5.81. The summed E-state index contributed by atoms with van der Waals surface area (Å²) in [6.45, 7) is 10.7. The Morgan fingerprint density at radius 2 is 2.00 bits per heavy atom. The van der Waals surface area contributed by atoms with E-state index in [1.54, 1.807) is 13.0 Å². The largest absolute Gasteiger partial charge is 0.392 e. The van der Waals surface area contributed by atoms with Crippen LogP contribution >= 0.6 is 0 Å². The Labute approximate surface area is 103 Å². The van der Waals surface area contributed by atoms with Gasteiger partial charge in [-0.3, -0.25) is 14.6 Å². The molecule has 1 atom stereocenters. The fourth-order valence-electron chi connectivity index (χ4n) is 1.95. The molecule has 5 nitrogen and oxygen atoms in total. The van der Waals surface area contributed by atoms with Crippen molar-refractivity contribution in [3.05, 3.63) is 12.7 Å². The molecule has 1 aliphatic rings. The Morgan fingerprint density at radius 3 is 2.53 bits per heavy atom. The molecule has 1 fully saturated rings. The van der Waals surface area contributed by atoms with E-state index in [2.05, 4.69) is 21.7 Å². The second kappa shape index (κ2) is 7.42. The van der Waals surface area contributed by atoms with Crippen molar-refractivity contribution in [1.82, 2.24) is 15.1 Å². The minimum atomic E-state index is -0.280. The summed E-state index contributed by atoms with van der Waals surface area (Å²) in [6.07, 6.45) is 1.40. The van der Waals surface area contributed by atoms with Crippen LogP contribution in [0.15, 0.2) is 12.7 Å². The van der Waals surface area contributed by atoms with Crippen molar-refractivity contribution in [3.8, 4) is 0 Å². The van der Waals surface area contributed by atoms with Gasteiger partial charge in [-0.05, 0) is 6.92 Å². The van der Waals surface area contributed by atoms with Crippen molar-refractivity contribution in [2.45, 2.75) is 13.0 Å². The van der Waals surface area contributed by atoms with Gasteiger partial charge in [-0.1, -0.05) is 6.08 Å². The molecule has 0 radical (unpaired) electrons. The lowest BCUT2D eigenvalue weighted by molar-refractivity contribution is -0.122. The van der Waals surface area contributed by atoms with Gasteiger partial charge in [-0.25, -0.2) is 0 Å². The van der Waals surface area contributed by atoms with Crippen molar-refractivity contribution in [3.63, 3.8) is 0 Å². The van der Waals surface area contributed by atoms with Crippen molar-refractivity contribution >= 4 is 5.91 Å². The number of carbonyl (C=O) groups is 1. The summed E-state index contributed by atoms with van der Waals surface area (Å²) in [5.74, 6) is 0.0499. The highest BCUT2D eigenvalue weighted by Gasteiger charge is 2.19. The highest BCUT2D eigenvalue weighted by molar-refractivity contribution is 5.78. The molecule has 0 unspecified atom stereocenters. The monoisotopic (exact) mass is 241 g/mol. The molecule has 0 saturated carbocycles. The van der Waals surface area contributed by atoms with Crippen LogP contribution in [0.25, 0.3) is 0 Å². The maximum atomic E-state index is 11.5. The first kappa shape index (κ1) is 14.2. The first-order valence-corrected chi connectivity index (χ1v) is 6.12. The highest BCUT2D eigenvalue weighted by Crippen LogP contribution is 2.02. The number of hydrogen-bond donors (Lipinski definition) is 2. The Bertz CT molecular complexity index is 248. The lowest BCUT2D eigenvalue weighted by Gasteiger charge is -2.34. The second-order valence-corrected chi connectivity index (χ2v) is 4.52. The SMILES string of the molecule is C=CCNC(=O)CN1CCN(C[C@H](C)O)CC1. The molecule has 98 valence electrons. The quantitative estimate of drug-likeness (QED) is 0.603. The van der Waals surface area contributed by atoms with Crippen molar-refractivity contribution in [2.75, 3.05) is 45.8 Å². The van der Waals surface area contributed by atoms with E-state index in [0.717, 1.165) is 32.7 Å². The molecule has 0 spiro atoms. The maximum absolute atomic E-state index is 11.5. The van der Waals surface area contributed by atoms with Crippen molar-refractivity contribution in [2.24, 2.45) is 0 Å². The molecule has 0 bridgehead atoms. The first-order valence-electron chi connectivity index (χ1n) is 6.12. The Kier molecular flexibility index (Phi) is 6.18. The summed E-state index contributed by atoms with van der Waals surface area (Å²) in [7, 11) is 0. The molecule has 1 aliphatic heterocycles. The van der Waals surface area contributed by atoms with Gasteiger partial charge in [-0.15, -0.1) is 6.58 Å². The van der Waals surface area contributed by atoms with Crippen LogP contribution in [0.1, 0.15) is 6.92 Å². The number of nitrogens with one attached hydrogen (secondary N) is 1. The minimum Gasteiger partial charge on any atom is -0.392 e. The predicted molar refractivity (Wildman–Crippen MR) is 67.8 cm³/mol. The Hall–Kier alpha value is -0.910. The van der Waals surface area contributed by atoms with E-state index in [0.29, 0.717) is 13.1 Å². The van der Waals surface area contributed by atoms with E-state index in [-0.39, 0.29) is 12.0 Å². The molecule has 1 heterocycles. The smallest absolute Gasteiger partial charge is 0.234 e. The zero-order valence-electron chi connectivity index (χ0n) is 10.6. The van der Waals surface area contributed by atoms with E-state index in [1.165, 1.54) is 0 Å². The Balaban J connectivity index is 2.18. The van der Waals surface area contributed by atoms with E-state index in [9.17, 15) is 9.90 Å². The van der Waals surface area contributed by atoms with Gasteiger partial charge in [0.2, 0.25) is 5.91 Å². The third-order valence-corrected chi connectivity index (χ3v) is 2.80. The summed E-state index contributed by atoms with van der Waals surface area (Å²) in [5, 5.41) is 12.1. The van der Waals surface area contributed by atoms with Crippen LogP contribution in [0.4, 0.5) is 0 Å². The zero-order valence-corrected chi connectivity index (χ0v) is 10.6. The summed E-state index contributed by atoms with van der Waals surface area (Å²) < 4.78 is 0. The number of aliphatic hydroxyl groups excluding tert-OH is 1. The summed E-state index contributed by atoms with van der Waals surface area (Å²) in [5.41, 5.74) is 0. The van der Waals surface area contributed by atoms with Crippen molar-refractivity contribution in [1.29, 1.82) is 0 Å². The molecule has 0 aliphatic carbocycles. The third-order valence-electron chi connectivity index (χ3n) is 2.80. The maximum Gasteiger partial charge on any atom is 0.234 e. The molecule has 0 aromatic heterocycles. The Morgan fingerprint density at radius 1 is 1.41 bits per heavy atom. The standard InChI is InChI=1S/C12H23N3O2/c1-3-4-13-12(17)10-15-7-5-14(6-8-15)9-11(2)16/h3,11,16H,1,4-10H2,2H3,(H,13,17)/t11-/m0/s1. The predicted octanol–water partition coefficient (Wildman–Crippen LogP) is -0.713. The van der Waals surface area contributed by atoms with E-state index >= 15 is 0 Å². The van der Waals surface area contributed by atoms with Crippen molar-refractivity contribution < 1.29 is 9.90 Å². The number of nitrogens with zero attached hydrogens (tertiary/aromatic N) is 2. The normalized spacial score (nSPS) is 19.9. The molecule has 0 aromatic carbocycles. The molecule has 1 amide bonds. The van der Waals surface area contributed by atoms with Gasteiger partial charge in [0.1, 0.15) is 0 Å². The molecule has 5 heteroatoms. The topological polar surface area (TPSA) is 55.8 Å². The lowest BCUT2D eigenvalue weighted by Crippen LogP contribution is -2.50. The van der Waals surface area contributed by atoms with E-state index in [4.69, 9.17) is 0 Å². The van der Waals surface area contributed by atoms with Crippen LogP contribution < -0.4 is 5.32 Å². The number of carbonyl (C=O) groups excluding carboxylic acids is 1. The first-order chi connectivity index (χ1) is 8.11. The number of amides is 1. The lowest BCUT2D eigenvalue weighted by atomic mass is 10.2. The number of hydrogen-bond acceptors (Lipinski definition) is 4. The van der Waals surface area contributed by atoms with Crippen LogP contribution in [-0.2, 0) is 4.79 Å². The molecule has 0 aromatic rings. The molecular formula is C12H23N3O2. The summed E-state index contributed by atoms with van der Waals surface area (Å²) in [4.78, 5) is 15.8. The fraction of sp³-hybridized carbons (Fsp3) is 0.750. The average molecular weight is 241 g/mol. The molecule has 2 N–H and O–H groups in total. The van der Waals surface area contributed by atoms with Gasteiger partial charge in [0, 0.05) is 39.3 Å². The zero-order chi connectivity index (χ0) is 12.7. The molecule has 1 rings (SSSR count). The van der Waals surface area contributed by atoms with Gasteiger partial charge in [0.05, 0.1) is 12.6 Å². The number of β-amino-alcohol motifs (C(OH)–C–C–N with tert-alkyl or cyclic N) is 1.